The number of thiol groups is 2. The Kier molecular flexibility index (Phi) is 26.5. The van der Waals surface area contributed by atoms with Gasteiger partial charge in [0.25, 0.3) is 0 Å². The van der Waals surface area contributed by atoms with Gasteiger partial charge in [-0.1, -0.05) is 0 Å². The van der Waals surface area contributed by atoms with Crippen LogP contribution in [0.1, 0.15) is 71.6 Å². The van der Waals surface area contributed by atoms with Crippen LogP contribution in [-0.2, 0) is 47.9 Å². The van der Waals surface area contributed by atoms with E-state index in [1.807, 2.05) is 0 Å². The summed E-state index contributed by atoms with van der Waals surface area (Å²) in [5, 5.41) is 46.4. The van der Waals surface area contributed by atoms with Crippen LogP contribution in [0.5, 0.6) is 0 Å². The van der Waals surface area contributed by atoms with Crippen molar-refractivity contribution in [2.75, 3.05) is 37.7 Å². The van der Waals surface area contributed by atoms with E-state index in [1.165, 1.54) is 13.8 Å². The minimum atomic E-state index is -1.74. The summed E-state index contributed by atoms with van der Waals surface area (Å²) in [6, 6.07) is -12.6. The van der Waals surface area contributed by atoms with Gasteiger partial charge in [-0.05, 0) is 78.3 Å². The van der Waals surface area contributed by atoms with E-state index >= 15 is 0 Å². The highest BCUT2D eigenvalue weighted by atomic mass is 32.1. The molecule has 1 fully saturated rings. The number of nitrogens with zero attached hydrogens (tertiary/aromatic N) is 1. The van der Waals surface area contributed by atoms with Crippen LogP contribution in [-0.4, -0.2) is 178 Å². The summed E-state index contributed by atoms with van der Waals surface area (Å²) >= 11 is 7.88. The molecule has 0 spiro atoms. The van der Waals surface area contributed by atoms with E-state index in [2.05, 4.69) is 62.5 Å². The minimum absolute atomic E-state index is 0.00499. The maximum Gasteiger partial charge on any atom is 0.327 e. The fraction of sp³-hybridized carbons (Fsp3) is 0.730. The van der Waals surface area contributed by atoms with E-state index in [9.17, 15) is 63.3 Å². The van der Waals surface area contributed by atoms with E-state index in [0.29, 0.717) is 32.2 Å². The van der Waals surface area contributed by atoms with E-state index in [-0.39, 0.29) is 50.3 Å². The maximum atomic E-state index is 13.8. The molecule has 64 heavy (non-hydrogen) atoms. The fourth-order valence-corrected chi connectivity index (χ4v) is 6.72. The fourth-order valence-electron chi connectivity index (χ4n) is 6.31. The number of carbonyl (C=O) groups is 10. The van der Waals surface area contributed by atoms with Crippen LogP contribution in [0.25, 0.3) is 0 Å². The normalized spacial score (nSPS) is 17.7. The van der Waals surface area contributed by atoms with Gasteiger partial charge >= 0.3 is 5.97 Å². The van der Waals surface area contributed by atoms with Gasteiger partial charge in [0.05, 0.1) is 25.2 Å². The number of hydrogen-bond donors (Lipinski definition) is 16. The highest BCUT2D eigenvalue weighted by Crippen LogP contribution is 2.19. The van der Waals surface area contributed by atoms with Gasteiger partial charge in [0, 0.05) is 18.1 Å². The van der Waals surface area contributed by atoms with Crippen molar-refractivity contribution in [2.24, 2.45) is 22.9 Å². The number of aliphatic hydroxyl groups excluding tert-OH is 2. The Morgan fingerprint density at radius 3 is 1.64 bits per heavy atom. The van der Waals surface area contributed by atoms with Gasteiger partial charge in [-0.3, -0.25) is 43.2 Å². The molecule has 25 nitrogen and oxygen atoms in total. The molecule has 364 valence electrons. The lowest BCUT2D eigenvalue weighted by atomic mass is 10.0. The Morgan fingerprint density at radius 1 is 0.672 bits per heavy atom. The number of likely N-dealkylation sites (tertiary alicyclic amines) is 1. The Morgan fingerprint density at radius 2 is 1.17 bits per heavy atom. The summed E-state index contributed by atoms with van der Waals surface area (Å²) in [6.45, 7) is 1.89. The lowest BCUT2D eigenvalue weighted by Crippen LogP contribution is -2.61. The number of rotatable bonds is 30. The van der Waals surface area contributed by atoms with Crippen molar-refractivity contribution in [3.63, 3.8) is 0 Å². The quantitative estimate of drug-likeness (QED) is 0.0235. The van der Waals surface area contributed by atoms with Crippen LogP contribution in [0.4, 0.5) is 0 Å². The Hall–Kier alpha value is -4.80. The summed E-state index contributed by atoms with van der Waals surface area (Å²) in [6.07, 6.45) is -0.161. The highest BCUT2D eigenvalue weighted by molar-refractivity contribution is 7.80. The van der Waals surface area contributed by atoms with Gasteiger partial charge in [-0.15, -0.1) is 0 Å². The van der Waals surface area contributed by atoms with Crippen LogP contribution in [0.2, 0.25) is 0 Å². The zero-order valence-corrected chi connectivity index (χ0v) is 37.7. The largest absolute Gasteiger partial charge is 0.480 e. The molecule has 0 saturated carbocycles. The average molecular weight is 951 g/mol. The summed E-state index contributed by atoms with van der Waals surface area (Å²) in [7, 11) is 0. The van der Waals surface area contributed by atoms with Gasteiger partial charge in [0.1, 0.15) is 48.3 Å². The topological polar surface area (TPSA) is 423 Å². The van der Waals surface area contributed by atoms with Crippen LogP contribution in [0, 0.1) is 0 Å². The first-order valence-electron chi connectivity index (χ1n) is 20.8. The number of carbonyl (C=O) groups excluding carboxylic acids is 9. The number of amides is 9. The van der Waals surface area contributed by atoms with Crippen molar-refractivity contribution >= 4 is 84.4 Å². The third-order valence-corrected chi connectivity index (χ3v) is 10.7. The number of carboxylic acids is 1. The molecule has 10 atom stereocenters. The van der Waals surface area contributed by atoms with E-state index < -0.39 is 133 Å². The number of nitrogens with one attached hydrogen (secondary N) is 7. The standard InChI is InChI=1S/C37H66N12O13S2/c1-18(29(53)47-25(17-64)37(61)62)42-35(59)28(19(2)51)48-34(58)26-10-7-13-49(26)36(60)24(15-50)46-33(57)23(14-27(41)52)45-32(56)22(9-4-6-12-39)44-31(55)21(8-3-5-11-38)43-30(54)20(40)16-63/h18-26,28,50-51,63-64H,3-17,38-40H2,1-2H3,(H2,41,52)(H,42,59)(H,43,54)(H,44,55)(H,45,56)(H,46,57)(H,47,53)(H,48,58)(H,61,62)/t18-,19+,20-,21-,22-,23-,24-,25-,26-,28-/m0/s1. The predicted molar refractivity (Wildman–Crippen MR) is 236 cm³/mol. The molecule has 0 aliphatic carbocycles. The first-order valence-corrected chi connectivity index (χ1v) is 22.0. The molecule has 1 aliphatic rings. The zero-order chi connectivity index (χ0) is 48.7. The second-order valence-electron chi connectivity index (χ2n) is 15.2. The smallest absolute Gasteiger partial charge is 0.327 e. The van der Waals surface area contributed by atoms with Crippen molar-refractivity contribution in [3.05, 3.63) is 0 Å². The van der Waals surface area contributed by atoms with E-state index in [4.69, 9.17) is 22.9 Å². The number of nitrogens with two attached hydrogens (primary N) is 4. The Bertz CT molecular complexity index is 1630. The molecular formula is C37H66N12O13S2. The lowest BCUT2D eigenvalue weighted by molar-refractivity contribution is -0.144. The van der Waals surface area contributed by atoms with Crippen molar-refractivity contribution in [1.29, 1.82) is 0 Å². The number of primary amides is 1. The molecule has 0 radical (unpaired) electrons. The van der Waals surface area contributed by atoms with Crippen LogP contribution in [0.3, 0.4) is 0 Å². The SMILES string of the molecule is C[C@H](NC(=O)[C@@H](NC(=O)[C@@H]1CCCN1C(=O)[C@H](CO)NC(=O)[C@H](CC(N)=O)NC(=O)[C@H](CCCCN)NC(=O)[C@H](CCCCN)NC(=O)[C@@H](N)CS)[C@@H](C)O)C(=O)N[C@@H](CS)C(=O)O. The summed E-state index contributed by atoms with van der Waals surface area (Å²) in [5.74, 6) is -9.98. The molecule has 1 saturated heterocycles. The third kappa shape index (κ3) is 19.1. The molecule has 0 aromatic heterocycles. The Labute approximate surface area is 381 Å². The van der Waals surface area contributed by atoms with Crippen molar-refractivity contribution in [3.8, 4) is 0 Å². The van der Waals surface area contributed by atoms with E-state index in [0.717, 1.165) is 4.90 Å². The number of aliphatic hydroxyl groups is 2. The maximum absolute atomic E-state index is 13.8. The first kappa shape index (κ1) is 57.2. The molecule has 18 N–H and O–H groups in total. The van der Waals surface area contributed by atoms with Gasteiger partial charge in [-0.25, -0.2) is 4.79 Å². The predicted octanol–water partition coefficient (Wildman–Crippen LogP) is -6.83. The molecule has 1 heterocycles. The minimum Gasteiger partial charge on any atom is -0.480 e. The second kappa shape index (κ2) is 29.6. The molecule has 0 unspecified atom stereocenters. The summed E-state index contributed by atoms with van der Waals surface area (Å²) in [5.41, 5.74) is 22.4. The van der Waals surface area contributed by atoms with E-state index in [1.54, 1.807) is 0 Å². The highest BCUT2D eigenvalue weighted by Gasteiger charge is 2.41. The van der Waals surface area contributed by atoms with Crippen molar-refractivity contribution in [1.82, 2.24) is 42.1 Å². The zero-order valence-electron chi connectivity index (χ0n) is 36.0. The van der Waals surface area contributed by atoms with Crippen LogP contribution < -0.4 is 60.2 Å². The average Bonchev–Trinajstić information content (AvgIpc) is 3.74. The first-order chi connectivity index (χ1) is 30.2. The molecule has 0 aromatic rings. The molecule has 1 rings (SSSR count). The summed E-state index contributed by atoms with van der Waals surface area (Å²) < 4.78 is 0. The molecule has 0 bridgehead atoms. The number of hydrogen-bond acceptors (Lipinski definition) is 17. The molecular weight excluding hydrogens is 885 g/mol. The molecule has 1 aliphatic heterocycles. The number of aliphatic carboxylic acids is 1. The lowest BCUT2D eigenvalue weighted by Gasteiger charge is -2.30. The molecule has 9 amide bonds. The number of unbranched alkanes of at least 4 members (excludes halogenated alkanes) is 2. The second-order valence-corrected chi connectivity index (χ2v) is 15.9. The van der Waals surface area contributed by atoms with Gasteiger partial charge in [0.2, 0.25) is 53.2 Å². The third-order valence-electron chi connectivity index (χ3n) is 9.98. The van der Waals surface area contributed by atoms with Crippen LogP contribution in [0.15, 0.2) is 0 Å². The number of carboxylic acid groups (broad SMARTS) is 1. The van der Waals surface area contributed by atoms with Gasteiger partial charge in [-0.2, -0.15) is 25.3 Å². The van der Waals surface area contributed by atoms with Crippen molar-refractivity contribution in [2.45, 2.75) is 132 Å². The van der Waals surface area contributed by atoms with Crippen LogP contribution >= 0.6 is 25.3 Å². The Balaban J connectivity index is 3.22. The summed E-state index contributed by atoms with van der Waals surface area (Å²) in [4.78, 5) is 131. The van der Waals surface area contributed by atoms with Gasteiger partial charge in [0.15, 0.2) is 0 Å². The molecule has 27 heteroatoms. The van der Waals surface area contributed by atoms with Gasteiger partial charge < -0.3 is 80.4 Å². The monoisotopic (exact) mass is 950 g/mol. The van der Waals surface area contributed by atoms with Crippen molar-refractivity contribution < 1.29 is 63.3 Å². The molecule has 0 aromatic carbocycles.